The van der Waals surface area contributed by atoms with Crippen LogP contribution in [0.25, 0.3) is 0 Å². The molecule has 56 valence electrons. The molecule has 0 aromatic carbocycles. The van der Waals surface area contributed by atoms with Gasteiger partial charge in [-0.05, 0) is 6.42 Å². The molecule has 1 saturated heterocycles. The van der Waals surface area contributed by atoms with Crippen molar-refractivity contribution in [2.24, 2.45) is 5.92 Å². The SMILES string of the molecule is O=CCC1CCOCC1=O. The van der Waals surface area contributed by atoms with Crippen molar-refractivity contribution in [3.63, 3.8) is 0 Å². The van der Waals surface area contributed by atoms with E-state index in [1.54, 1.807) is 0 Å². The standard InChI is InChI=1S/C7H10O3/c8-3-1-6-2-4-10-5-7(6)9/h3,6H,1-2,4-5H2. The average molecular weight is 142 g/mol. The molecule has 1 fully saturated rings. The minimum atomic E-state index is -0.0637. The first-order valence-corrected chi connectivity index (χ1v) is 3.38. The summed E-state index contributed by atoms with van der Waals surface area (Å²) in [7, 11) is 0. The van der Waals surface area contributed by atoms with E-state index in [0.29, 0.717) is 19.4 Å². The lowest BCUT2D eigenvalue weighted by Gasteiger charge is -2.17. The van der Waals surface area contributed by atoms with E-state index >= 15 is 0 Å². The maximum Gasteiger partial charge on any atom is 0.162 e. The van der Waals surface area contributed by atoms with E-state index in [4.69, 9.17) is 4.74 Å². The third-order valence-electron chi connectivity index (χ3n) is 1.69. The van der Waals surface area contributed by atoms with Crippen LogP contribution in [-0.2, 0) is 14.3 Å². The van der Waals surface area contributed by atoms with Crippen molar-refractivity contribution in [1.29, 1.82) is 0 Å². The van der Waals surface area contributed by atoms with Gasteiger partial charge in [0.25, 0.3) is 0 Å². The summed E-state index contributed by atoms with van der Waals surface area (Å²) in [4.78, 5) is 20.9. The van der Waals surface area contributed by atoms with E-state index < -0.39 is 0 Å². The molecule has 1 heterocycles. The summed E-state index contributed by atoms with van der Waals surface area (Å²) in [6, 6.07) is 0. The molecule has 0 amide bonds. The van der Waals surface area contributed by atoms with Crippen molar-refractivity contribution in [2.45, 2.75) is 12.8 Å². The Balaban J connectivity index is 2.39. The van der Waals surface area contributed by atoms with Crippen LogP contribution in [0.1, 0.15) is 12.8 Å². The summed E-state index contributed by atoms with van der Waals surface area (Å²) in [6.45, 7) is 0.808. The van der Waals surface area contributed by atoms with Gasteiger partial charge in [0.1, 0.15) is 12.9 Å². The largest absolute Gasteiger partial charge is 0.374 e. The van der Waals surface area contributed by atoms with Crippen LogP contribution in [-0.4, -0.2) is 25.3 Å². The van der Waals surface area contributed by atoms with Gasteiger partial charge in [0.15, 0.2) is 5.78 Å². The second kappa shape index (κ2) is 3.46. The summed E-state index contributed by atoms with van der Waals surface area (Å²) in [5.74, 6) is 0.00426. The Kier molecular flexibility index (Phi) is 2.57. The van der Waals surface area contributed by atoms with Crippen LogP contribution in [0.3, 0.4) is 0 Å². The summed E-state index contributed by atoms with van der Waals surface area (Å²) < 4.78 is 4.89. The Morgan fingerprint density at radius 3 is 3.10 bits per heavy atom. The van der Waals surface area contributed by atoms with E-state index in [1.807, 2.05) is 0 Å². The number of aldehydes is 1. The number of carbonyl (C=O) groups is 2. The Morgan fingerprint density at radius 1 is 1.70 bits per heavy atom. The van der Waals surface area contributed by atoms with Gasteiger partial charge in [-0.1, -0.05) is 0 Å². The van der Waals surface area contributed by atoms with Crippen molar-refractivity contribution in [3.05, 3.63) is 0 Å². The zero-order valence-corrected chi connectivity index (χ0v) is 5.71. The average Bonchev–Trinajstić information content (AvgIpc) is 1.94. The molecule has 1 aliphatic heterocycles. The second-order valence-electron chi connectivity index (χ2n) is 2.41. The molecule has 1 unspecified atom stereocenters. The lowest BCUT2D eigenvalue weighted by molar-refractivity contribution is -0.134. The van der Waals surface area contributed by atoms with Crippen LogP contribution in [0.2, 0.25) is 0 Å². The lowest BCUT2D eigenvalue weighted by atomic mass is 9.96. The highest BCUT2D eigenvalue weighted by atomic mass is 16.5. The van der Waals surface area contributed by atoms with E-state index in [2.05, 4.69) is 0 Å². The first-order valence-electron chi connectivity index (χ1n) is 3.38. The zero-order chi connectivity index (χ0) is 7.40. The topological polar surface area (TPSA) is 43.4 Å². The number of ether oxygens (including phenoxy) is 1. The Hall–Kier alpha value is -0.700. The lowest BCUT2D eigenvalue weighted by Crippen LogP contribution is -2.27. The van der Waals surface area contributed by atoms with Crippen LogP contribution in [0, 0.1) is 5.92 Å². The summed E-state index contributed by atoms with van der Waals surface area (Å²) >= 11 is 0. The molecule has 0 spiro atoms. The Labute approximate surface area is 59.4 Å². The number of Topliss-reactive ketones (excluding diaryl/α,β-unsaturated/α-hetero) is 1. The van der Waals surface area contributed by atoms with Gasteiger partial charge in [-0.15, -0.1) is 0 Å². The number of ketones is 1. The van der Waals surface area contributed by atoms with Gasteiger partial charge in [-0.3, -0.25) is 4.79 Å². The highest BCUT2D eigenvalue weighted by molar-refractivity contribution is 5.84. The van der Waals surface area contributed by atoms with E-state index in [1.165, 1.54) is 0 Å². The van der Waals surface area contributed by atoms with Gasteiger partial charge < -0.3 is 9.53 Å². The fourth-order valence-corrected chi connectivity index (χ4v) is 1.04. The van der Waals surface area contributed by atoms with Crippen LogP contribution >= 0.6 is 0 Å². The first-order chi connectivity index (χ1) is 4.84. The maximum atomic E-state index is 10.9. The van der Waals surface area contributed by atoms with Gasteiger partial charge in [-0.2, -0.15) is 0 Å². The van der Waals surface area contributed by atoms with Crippen LogP contribution < -0.4 is 0 Å². The molecule has 1 atom stereocenters. The fourth-order valence-electron chi connectivity index (χ4n) is 1.04. The van der Waals surface area contributed by atoms with E-state index in [-0.39, 0.29) is 18.3 Å². The van der Waals surface area contributed by atoms with Crippen molar-refractivity contribution in [1.82, 2.24) is 0 Å². The summed E-state index contributed by atoms with van der Waals surface area (Å²) in [5, 5.41) is 0. The second-order valence-corrected chi connectivity index (χ2v) is 2.41. The molecule has 3 nitrogen and oxygen atoms in total. The number of hydrogen-bond donors (Lipinski definition) is 0. The molecule has 0 saturated carbocycles. The van der Waals surface area contributed by atoms with Crippen molar-refractivity contribution in [3.8, 4) is 0 Å². The molecular formula is C7H10O3. The molecule has 10 heavy (non-hydrogen) atoms. The van der Waals surface area contributed by atoms with Crippen molar-refractivity contribution >= 4 is 12.1 Å². The van der Waals surface area contributed by atoms with Crippen LogP contribution in [0.15, 0.2) is 0 Å². The Bertz CT molecular complexity index is 142. The van der Waals surface area contributed by atoms with E-state index in [0.717, 1.165) is 6.29 Å². The smallest absolute Gasteiger partial charge is 0.162 e. The number of carbonyl (C=O) groups excluding carboxylic acids is 2. The predicted octanol–water partition coefficient (Wildman–Crippen LogP) is 0.181. The molecule has 1 aliphatic rings. The highest BCUT2D eigenvalue weighted by Crippen LogP contribution is 2.13. The quantitative estimate of drug-likeness (QED) is 0.516. The van der Waals surface area contributed by atoms with Gasteiger partial charge >= 0.3 is 0 Å². The molecule has 0 aromatic heterocycles. The van der Waals surface area contributed by atoms with Crippen molar-refractivity contribution in [2.75, 3.05) is 13.2 Å². The summed E-state index contributed by atoms with van der Waals surface area (Å²) in [5.41, 5.74) is 0. The zero-order valence-electron chi connectivity index (χ0n) is 5.71. The van der Waals surface area contributed by atoms with Gasteiger partial charge in [0, 0.05) is 18.9 Å². The minimum Gasteiger partial charge on any atom is -0.374 e. The third kappa shape index (κ3) is 1.64. The molecular weight excluding hydrogens is 132 g/mol. The molecule has 1 rings (SSSR count). The predicted molar refractivity (Wildman–Crippen MR) is 34.6 cm³/mol. The first kappa shape index (κ1) is 7.41. The molecule has 0 aromatic rings. The minimum absolute atomic E-state index is 0.0637. The summed E-state index contributed by atoms with van der Waals surface area (Å²) in [6.07, 6.45) is 1.87. The van der Waals surface area contributed by atoms with Gasteiger partial charge in [-0.25, -0.2) is 0 Å². The number of hydrogen-bond acceptors (Lipinski definition) is 3. The van der Waals surface area contributed by atoms with Crippen LogP contribution in [0.4, 0.5) is 0 Å². The van der Waals surface area contributed by atoms with Gasteiger partial charge in [0.2, 0.25) is 0 Å². The monoisotopic (exact) mass is 142 g/mol. The van der Waals surface area contributed by atoms with Crippen molar-refractivity contribution < 1.29 is 14.3 Å². The fraction of sp³-hybridized carbons (Fsp3) is 0.714. The van der Waals surface area contributed by atoms with Gasteiger partial charge in [0.05, 0.1) is 0 Å². The van der Waals surface area contributed by atoms with Crippen LogP contribution in [0.5, 0.6) is 0 Å². The molecule has 0 radical (unpaired) electrons. The van der Waals surface area contributed by atoms with E-state index in [9.17, 15) is 9.59 Å². The molecule has 0 N–H and O–H groups in total. The normalized spacial score (nSPS) is 26.4. The molecule has 0 bridgehead atoms. The molecule has 3 heteroatoms. The Morgan fingerprint density at radius 2 is 2.50 bits per heavy atom. The number of rotatable bonds is 2. The third-order valence-corrected chi connectivity index (χ3v) is 1.69. The molecule has 0 aliphatic carbocycles. The maximum absolute atomic E-state index is 10.9. The highest BCUT2D eigenvalue weighted by Gasteiger charge is 2.21.